The summed E-state index contributed by atoms with van der Waals surface area (Å²) < 4.78 is 27.2. The van der Waals surface area contributed by atoms with Gasteiger partial charge in [-0.25, -0.2) is 18.2 Å². The number of rotatable bonds is 4. The van der Waals surface area contributed by atoms with Crippen molar-refractivity contribution in [1.29, 1.82) is 0 Å². The Kier molecular flexibility index (Phi) is 3.81. The van der Waals surface area contributed by atoms with Crippen molar-refractivity contribution in [3.63, 3.8) is 0 Å². The lowest BCUT2D eigenvalue weighted by Gasteiger charge is -2.06. The van der Waals surface area contributed by atoms with Crippen LogP contribution in [0, 0.1) is 6.92 Å². The van der Waals surface area contributed by atoms with Crippen LogP contribution < -0.4 is 10.3 Å². The monoisotopic (exact) mass is 335 g/mol. The number of H-pyrrole nitrogens is 1. The summed E-state index contributed by atoms with van der Waals surface area (Å²) in [4.78, 5) is 12.6. The van der Waals surface area contributed by atoms with E-state index in [-0.39, 0.29) is 16.3 Å². The molecule has 0 atom stereocenters. The first-order chi connectivity index (χ1) is 10.5. The Morgan fingerprint density at radius 1 is 1.18 bits per heavy atom. The number of aromatic nitrogens is 2. The maximum atomic E-state index is 12.2. The van der Waals surface area contributed by atoms with Crippen LogP contribution in [0.15, 0.2) is 45.4 Å². The Morgan fingerprint density at radius 2 is 1.91 bits per heavy atom. The van der Waals surface area contributed by atoms with Gasteiger partial charge in [-0.1, -0.05) is 18.2 Å². The van der Waals surface area contributed by atoms with Crippen LogP contribution in [0.2, 0.25) is 0 Å². The summed E-state index contributed by atoms with van der Waals surface area (Å²) in [6, 6.07) is 10.3. The normalized spacial score (nSPS) is 11.9. The van der Waals surface area contributed by atoms with Crippen molar-refractivity contribution in [2.75, 3.05) is 0 Å². The fourth-order valence-electron chi connectivity index (χ4n) is 2.10. The first-order valence-electron chi connectivity index (χ1n) is 6.50. The fourth-order valence-corrected chi connectivity index (χ4v) is 4.41. The number of hydrogen-bond acceptors (Lipinski definition) is 5. The van der Waals surface area contributed by atoms with Crippen molar-refractivity contribution in [3.8, 4) is 0 Å². The molecule has 114 valence electrons. The minimum absolute atomic E-state index is 0.0105. The smallest absolute Gasteiger partial charge is 0.267 e. The molecular weight excluding hydrogens is 322 g/mol. The number of nitrogens with zero attached hydrogens (tertiary/aromatic N) is 1. The highest BCUT2D eigenvalue weighted by Crippen LogP contribution is 2.21. The molecule has 0 aliphatic rings. The highest BCUT2D eigenvalue weighted by Gasteiger charge is 2.17. The summed E-state index contributed by atoms with van der Waals surface area (Å²) in [6.07, 6.45) is 0. The van der Waals surface area contributed by atoms with Crippen LogP contribution in [0.25, 0.3) is 10.8 Å². The summed E-state index contributed by atoms with van der Waals surface area (Å²) in [6.45, 7) is 1.86. The lowest BCUT2D eigenvalue weighted by Crippen LogP contribution is -2.24. The van der Waals surface area contributed by atoms with Gasteiger partial charge in [0.05, 0.1) is 17.6 Å². The summed E-state index contributed by atoms with van der Waals surface area (Å²) in [5, 5.41) is 7.45. The zero-order valence-corrected chi connectivity index (χ0v) is 13.3. The lowest BCUT2D eigenvalue weighted by molar-refractivity contribution is 0.582. The molecule has 2 heterocycles. The topological polar surface area (TPSA) is 91.9 Å². The first-order valence-corrected chi connectivity index (χ1v) is 8.80. The second-order valence-electron chi connectivity index (χ2n) is 4.73. The average molecular weight is 335 g/mol. The van der Waals surface area contributed by atoms with Gasteiger partial charge in [0.15, 0.2) is 0 Å². The molecule has 0 aliphatic heterocycles. The van der Waals surface area contributed by atoms with Gasteiger partial charge in [0.1, 0.15) is 4.21 Å². The van der Waals surface area contributed by atoms with Gasteiger partial charge in [-0.3, -0.25) is 4.79 Å². The first kappa shape index (κ1) is 14.9. The predicted molar refractivity (Wildman–Crippen MR) is 85.4 cm³/mol. The van der Waals surface area contributed by atoms with E-state index in [0.717, 1.165) is 4.88 Å². The summed E-state index contributed by atoms with van der Waals surface area (Å²) in [7, 11) is -3.58. The Hall–Kier alpha value is -2.03. The number of nitrogens with one attached hydrogen (secondary N) is 2. The van der Waals surface area contributed by atoms with E-state index >= 15 is 0 Å². The fraction of sp³-hybridized carbons (Fsp3) is 0.143. The van der Waals surface area contributed by atoms with Gasteiger partial charge in [0.25, 0.3) is 5.56 Å². The lowest BCUT2D eigenvalue weighted by atomic mass is 10.1. The Bertz CT molecular complexity index is 990. The van der Waals surface area contributed by atoms with Gasteiger partial charge >= 0.3 is 0 Å². The molecule has 2 N–H and O–H groups in total. The molecule has 0 radical (unpaired) electrons. The summed E-state index contributed by atoms with van der Waals surface area (Å²) in [5.41, 5.74) is 0.183. The van der Waals surface area contributed by atoms with E-state index < -0.39 is 10.0 Å². The highest BCUT2D eigenvalue weighted by atomic mass is 32.2. The van der Waals surface area contributed by atoms with E-state index in [4.69, 9.17) is 0 Å². The number of sulfonamides is 1. The zero-order chi connectivity index (χ0) is 15.7. The van der Waals surface area contributed by atoms with Crippen LogP contribution >= 0.6 is 11.3 Å². The van der Waals surface area contributed by atoms with Crippen LogP contribution in [-0.2, 0) is 16.6 Å². The SMILES string of the molecule is Cc1ccc(S(=O)(=O)NCc2n[nH]c(=O)c3ccccc23)s1. The second-order valence-corrected chi connectivity index (χ2v) is 8.02. The van der Waals surface area contributed by atoms with Gasteiger partial charge in [-0.05, 0) is 25.1 Å². The van der Waals surface area contributed by atoms with Gasteiger partial charge in [-0.15, -0.1) is 11.3 Å². The third-order valence-corrected chi connectivity index (χ3v) is 6.08. The molecule has 3 aromatic rings. The molecule has 2 aromatic heterocycles. The maximum absolute atomic E-state index is 12.2. The summed E-state index contributed by atoms with van der Waals surface area (Å²) >= 11 is 1.21. The predicted octanol–water partition coefficient (Wildman–Crippen LogP) is 1.77. The zero-order valence-electron chi connectivity index (χ0n) is 11.7. The number of aryl methyl sites for hydroxylation is 1. The molecule has 0 aliphatic carbocycles. The molecular formula is C14H13N3O3S2. The van der Waals surface area contributed by atoms with Gasteiger partial charge < -0.3 is 0 Å². The van der Waals surface area contributed by atoms with Crippen molar-refractivity contribution >= 4 is 32.1 Å². The molecule has 8 heteroatoms. The van der Waals surface area contributed by atoms with Gasteiger partial charge in [-0.2, -0.15) is 5.10 Å². The standard InChI is InChI=1S/C14H13N3O3S2/c1-9-6-7-13(21-9)22(19,20)15-8-12-10-4-2-3-5-11(10)14(18)17-16-12/h2-7,15H,8H2,1H3,(H,17,18). The van der Waals surface area contributed by atoms with Crippen molar-refractivity contribution in [3.05, 3.63) is 57.3 Å². The van der Waals surface area contributed by atoms with E-state index in [1.54, 1.807) is 36.4 Å². The Balaban J connectivity index is 1.92. The third kappa shape index (κ3) is 2.80. The molecule has 0 amide bonds. The van der Waals surface area contributed by atoms with E-state index in [1.165, 1.54) is 11.3 Å². The number of hydrogen-bond donors (Lipinski definition) is 2. The van der Waals surface area contributed by atoms with Crippen LogP contribution in [0.3, 0.4) is 0 Å². The second kappa shape index (κ2) is 5.64. The van der Waals surface area contributed by atoms with E-state index in [0.29, 0.717) is 16.5 Å². The van der Waals surface area contributed by atoms with Crippen LogP contribution in [0.5, 0.6) is 0 Å². The maximum Gasteiger partial charge on any atom is 0.272 e. The van der Waals surface area contributed by atoms with Gasteiger partial charge in [0.2, 0.25) is 10.0 Å². The van der Waals surface area contributed by atoms with Crippen molar-refractivity contribution < 1.29 is 8.42 Å². The van der Waals surface area contributed by atoms with E-state index in [2.05, 4.69) is 14.9 Å². The van der Waals surface area contributed by atoms with Crippen molar-refractivity contribution in [1.82, 2.24) is 14.9 Å². The largest absolute Gasteiger partial charge is 0.272 e. The average Bonchev–Trinajstić information content (AvgIpc) is 2.94. The molecule has 6 nitrogen and oxygen atoms in total. The highest BCUT2D eigenvalue weighted by molar-refractivity contribution is 7.91. The quantitative estimate of drug-likeness (QED) is 0.760. The number of fused-ring (bicyclic) bond motifs is 1. The third-order valence-electron chi connectivity index (χ3n) is 3.19. The summed E-state index contributed by atoms with van der Waals surface area (Å²) in [5.74, 6) is 0. The van der Waals surface area contributed by atoms with Crippen molar-refractivity contribution in [2.24, 2.45) is 0 Å². The van der Waals surface area contributed by atoms with Crippen LogP contribution in [-0.4, -0.2) is 18.6 Å². The molecule has 22 heavy (non-hydrogen) atoms. The molecule has 0 bridgehead atoms. The van der Waals surface area contributed by atoms with Crippen molar-refractivity contribution in [2.45, 2.75) is 17.7 Å². The Morgan fingerprint density at radius 3 is 2.59 bits per heavy atom. The molecule has 0 unspecified atom stereocenters. The molecule has 1 aromatic carbocycles. The minimum atomic E-state index is -3.58. The molecule has 3 rings (SSSR count). The number of thiophene rings is 1. The van der Waals surface area contributed by atoms with E-state index in [9.17, 15) is 13.2 Å². The molecule has 0 spiro atoms. The Labute approximate surface area is 130 Å². The van der Waals surface area contributed by atoms with Gasteiger partial charge in [0, 0.05) is 10.3 Å². The molecule has 0 saturated heterocycles. The minimum Gasteiger partial charge on any atom is -0.267 e. The molecule has 0 saturated carbocycles. The number of benzene rings is 1. The number of aromatic amines is 1. The molecule has 0 fully saturated rings. The van der Waals surface area contributed by atoms with Crippen LogP contribution in [0.1, 0.15) is 10.6 Å². The van der Waals surface area contributed by atoms with Crippen LogP contribution in [0.4, 0.5) is 0 Å². The van der Waals surface area contributed by atoms with E-state index in [1.807, 2.05) is 6.92 Å².